The second-order valence-electron chi connectivity index (χ2n) is 9.06. The lowest BCUT2D eigenvalue weighted by Crippen LogP contribution is -2.56. The number of hydrogen-bond acceptors (Lipinski definition) is 5. The number of fused-ring (bicyclic) bond motifs is 1. The predicted octanol–water partition coefficient (Wildman–Crippen LogP) is 2.85. The van der Waals surface area contributed by atoms with E-state index in [0.29, 0.717) is 67.8 Å². The van der Waals surface area contributed by atoms with E-state index in [4.69, 9.17) is 21.1 Å². The van der Waals surface area contributed by atoms with Crippen LogP contribution in [0.3, 0.4) is 0 Å². The monoisotopic (exact) mass is 497 g/mol. The van der Waals surface area contributed by atoms with E-state index in [2.05, 4.69) is 0 Å². The average Bonchev–Trinajstić information content (AvgIpc) is 2.92. The van der Waals surface area contributed by atoms with Gasteiger partial charge in [0.25, 0.3) is 11.8 Å². The minimum atomic E-state index is -0.776. The van der Waals surface area contributed by atoms with Gasteiger partial charge in [0, 0.05) is 36.8 Å². The van der Waals surface area contributed by atoms with Crippen molar-refractivity contribution in [3.8, 4) is 5.75 Å². The molecule has 3 heterocycles. The Bertz CT molecular complexity index is 1100. The third kappa shape index (κ3) is 4.99. The van der Waals surface area contributed by atoms with Gasteiger partial charge in [-0.3, -0.25) is 14.4 Å². The van der Waals surface area contributed by atoms with Crippen molar-refractivity contribution in [1.82, 2.24) is 9.80 Å². The molecule has 3 amide bonds. The van der Waals surface area contributed by atoms with Gasteiger partial charge < -0.3 is 24.2 Å². The number of benzene rings is 2. The van der Waals surface area contributed by atoms with Gasteiger partial charge in [0.15, 0.2) is 6.10 Å². The van der Waals surface area contributed by atoms with Crippen LogP contribution < -0.4 is 9.64 Å². The third-order valence-electron chi connectivity index (χ3n) is 6.79. The number of hydrogen-bond donors (Lipinski definition) is 0. The highest BCUT2D eigenvalue weighted by molar-refractivity contribution is 6.30. The molecule has 2 fully saturated rings. The molecule has 184 valence electrons. The quantitative estimate of drug-likeness (QED) is 0.651. The van der Waals surface area contributed by atoms with E-state index in [1.54, 1.807) is 45.0 Å². The maximum atomic E-state index is 13.8. The van der Waals surface area contributed by atoms with Crippen LogP contribution in [0.2, 0.25) is 5.02 Å². The van der Waals surface area contributed by atoms with Gasteiger partial charge >= 0.3 is 0 Å². The first kappa shape index (κ1) is 23.6. The summed E-state index contributed by atoms with van der Waals surface area (Å²) in [6.07, 6.45) is 0.644. The first-order valence-electron chi connectivity index (χ1n) is 12.0. The minimum absolute atomic E-state index is 0.0888. The SMILES string of the molecule is O=C(c1ccc(Cl)cc1)N1CCC[C@@H](C(=O)N2C[C@H](C(=O)N3CCOCC3)Oc3ccccc32)C1. The predicted molar refractivity (Wildman–Crippen MR) is 131 cm³/mol. The van der Waals surface area contributed by atoms with E-state index in [-0.39, 0.29) is 30.2 Å². The molecule has 3 aliphatic rings. The summed E-state index contributed by atoms with van der Waals surface area (Å²) in [6.45, 7) is 3.10. The van der Waals surface area contributed by atoms with Crippen LogP contribution in [0, 0.1) is 5.92 Å². The van der Waals surface area contributed by atoms with Crippen molar-refractivity contribution in [3.05, 3.63) is 59.1 Å². The summed E-state index contributed by atoms with van der Waals surface area (Å²) < 4.78 is 11.4. The molecule has 0 aliphatic carbocycles. The van der Waals surface area contributed by atoms with E-state index < -0.39 is 6.10 Å². The largest absolute Gasteiger partial charge is 0.476 e. The Kier molecular flexibility index (Phi) is 6.92. The van der Waals surface area contributed by atoms with Crippen molar-refractivity contribution in [3.63, 3.8) is 0 Å². The van der Waals surface area contributed by atoms with Crippen molar-refractivity contribution in [2.24, 2.45) is 5.92 Å². The lowest BCUT2D eigenvalue weighted by molar-refractivity contribution is -0.143. The van der Waals surface area contributed by atoms with Crippen molar-refractivity contribution < 1.29 is 23.9 Å². The minimum Gasteiger partial charge on any atom is -0.476 e. The van der Waals surface area contributed by atoms with Crippen LogP contribution in [-0.4, -0.2) is 79.6 Å². The van der Waals surface area contributed by atoms with Gasteiger partial charge in [-0.1, -0.05) is 23.7 Å². The zero-order chi connectivity index (χ0) is 24.4. The van der Waals surface area contributed by atoms with E-state index in [9.17, 15) is 14.4 Å². The molecule has 35 heavy (non-hydrogen) atoms. The van der Waals surface area contributed by atoms with Crippen LogP contribution in [0.5, 0.6) is 5.75 Å². The van der Waals surface area contributed by atoms with E-state index in [1.807, 2.05) is 18.2 Å². The number of rotatable bonds is 3. The molecule has 3 aliphatic heterocycles. The van der Waals surface area contributed by atoms with Gasteiger partial charge in [-0.2, -0.15) is 0 Å². The first-order valence-corrected chi connectivity index (χ1v) is 12.4. The summed E-state index contributed by atoms with van der Waals surface area (Å²) >= 11 is 5.96. The number of nitrogens with zero attached hydrogens (tertiary/aromatic N) is 3. The second kappa shape index (κ2) is 10.3. The number of likely N-dealkylation sites (tertiary alicyclic amines) is 1. The van der Waals surface area contributed by atoms with Crippen LogP contribution in [-0.2, 0) is 14.3 Å². The summed E-state index contributed by atoms with van der Waals surface area (Å²) in [5.74, 6) is -0.172. The molecule has 0 unspecified atom stereocenters. The summed E-state index contributed by atoms with van der Waals surface area (Å²) in [7, 11) is 0. The van der Waals surface area contributed by atoms with Crippen LogP contribution in [0.4, 0.5) is 5.69 Å². The van der Waals surface area contributed by atoms with Gasteiger partial charge in [0.2, 0.25) is 5.91 Å². The molecule has 5 rings (SSSR count). The highest BCUT2D eigenvalue weighted by atomic mass is 35.5. The van der Waals surface area contributed by atoms with Crippen LogP contribution in [0.1, 0.15) is 23.2 Å². The standard InChI is InChI=1S/C26H28ClN3O5/c27-20-9-7-18(8-10-20)24(31)29-11-3-4-19(16-29)25(32)30-17-23(26(33)28-12-14-34-15-13-28)35-22-6-2-1-5-21(22)30/h1-2,5-10,19,23H,3-4,11-17H2/t19-,23-/m1/s1. The van der Waals surface area contributed by atoms with Crippen LogP contribution >= 0.6 is 11.6 Å². The average molecular weight is 498 g/mol. The Morgan fingerprint density at radius 2 is 1.60 bits per heavy atom. The van der Waals surface area contributed by atoms with E-state index in [0.717, 1.165) is 6.42 Å². The fourth-order valence-electron chi connectivity index (χ4n) is 4.92. The zero-order valence-electron chi connectivity index (χ0n) is 19.4. The Balaban J connectivity index is 1.33. The maximum Gasteiger partial charge on any atom is 0.265 e. The lowest BCUT2D eigenvalue weighted by Gasteiger charge is -2.40. The van der Waals surface area contributed by atoms with Crippen molar-refractivity contribution in [2.45, 2.75) is 18.9 Å². The van der Waals surface area contributed by atoms with Gasteiger partial charge in [-0.15, -0.1) is 0 Å². The van der Waals surface area contributed by atoms with E-state index in [1.165, 1.54) is 0 Å². The molecular weight excluding hydrogens is 470 g/mol. The number of morpholine rings is 1. The summed E-state index contributed by atoms with van der Waals surface area (Å²) in [4.78, 5) is 45.1. The number of piperidine rings is 1. The topological polar surface area (TPSA) is 79.4 Å². The highest BCUT2D eigenvalue weighted by Gasteiger charge is 2.39. The van der Waals surface area contributed by atoms with Gasteiger partial charge in [-0.05, 0) is 49.2 Å². The molecule has 9 heteroatoms. The maximum absolute atomic E-state index is 13.8. The summed E-state index contributed by atoms with van der Waals surface area (Å²) in [5.41, 5.74) is 1.21. The first-order chi connectivity index (χ1) is 17.0. The van der Waals surface area contributed by atoms with Crippen molar-refractivity contribution in [1.29, 1.82) is 0 Å². The summed E-state index contributed by atoms with van der Waals surface area (Å²) in [5, 5.41) is 0.570. The van der Waals surface area contributed by atoms with Crippen molar-refractivity contribution >= 4 is 35.0 Å². The fourth-order valence-corrected chi connectivity index (χ4v) is 5.04. The molecule has 0 N–H and O–H groups in total. The number of amides is 3. The smallest absolute Gasteiger partial charge is 0.265 e. The Morgan fingerprint density at radius 3 is 2.37 bits per heavy atom. The third-order valence-corrected chi connectivity index (χ3v) is 7.04. The zero-order valence-corrected chi connectivity index (χ0v) is 20.2. The number of carbonyl (C=O) groups excluding carboxylic acids is 3. The molecule has 0 bridgehead atoms. The van der Waals surface area contributed by atoms with Crippen LogP contribution in [0.25, 0.3) is 0 Å². The lowest BCUT2D eigenvalue weighted by atomic mass is 9.95. The molecular formula is C26H28ClN3O5. The van der Waals surface area contributed by atoms with Gasteiger partial charge in [0.1, 0.15) is 5.75 Å². The van der Waals surface area contributed by atoms with Crippen molar-refractivity contribution in [2.75, 3.05) is 50.8 Å². The number of halogens is 1. The molecule has 0 spiro atoms. The Morgan fingerprint density at radius 1 is 0.857 bits per heavy atom. The molecule has 0 saturated carbocycles. The molecule has 2 saturated heterocycles. The molecule has 0 aromatic heterocycles. The second-order valence-corrected chi connectivity index (χ2v) is 9.49. The fraction of sp³-hybridized carbons (Fsp3) is 0.423. The number of ether oxygens (including phenoxy) is 2. The molecule has 2 atom stereocenters. The van der Waals surface area contributed by atoms with E-state index >= 15 is 0 Å². The van der Waals surface area contributed by atoms with Gasteiger partial charge in [-0.25, -0.2) is 0 Å². The molecule has 8 nitrogen and oxygen atoms in total. The molecule has 0 radical (unpaired) electrons. The van der Waals surface area contributed by atoms with Crippen LogP contribution in [0.15, 0.2) is 48.5 Å². The summed E-state index contributed by atoms with van der Waals surface area (Å²) in [6, 6.07) is 14.1. The van der Waals surface area contributed by atoms with Gasteiger partial charge in [0.05, 0.1) is 31.4 Å². The number of carbonyl (C=O) groups is 3. The number of anilines is 1. The number of para-hydroxylation sites is 2. The Labute approximate surface area is 209 Å². The normalized spacial score (nSPS) is 22.3. The molecule has 2 aromatic rings. The Hall–Kier alpha value is -3.10. The highest BCUT2D eigenvalue weighted by Crippen LogP contribution is 2.35. The molecule has 2 aromatic carbocycles.